The van der Waals surface area contributed by atoms with Crippen LogP contribution in [0.1, 0.15) is 42.8 Å². The number of carbonyl (C=O) groups is 1. The van der Waals surface area contributed by atoms with Gasteiger partial charge in [0.25, 0.3) is 5.91 Å². The van der Waals surface area contributed by atoms with Crippen molar-refractivity contribution in [2.75, 3.05) is 30.7 Å². The Morgan fingerprint density at radius 3 is 2.80 bits per heavy atom. The summed E-state index contributed by atoms with van der Waals surface area (Å²) in [4.78, 5) is 16.6. The number of amides is 1. The number of nitrogen functional groups attached to an aromatic ring is 1. The minimum Gasteiger partial charge on any atom is -0.396 e. The van der Waals surface area contributed by atoms with Crippen LogP contribution in [0.25, 0.3) is 0 Å². The maximum Gasteiger partial charge on any atom is 0.265 e. The van der Waals surface area contributed by atoms with E-state index in [4.69, 9.17) is 10.8 Å². The fraction of sp³-hybridized carbons (Fsp3) is 0.692. The summed E-state index contributed by atoms with van der Waals surface area (Å²) in [7, 11) is 0. The zero-order chi connectivity index (χ0) is 15.0. The standard InChI is InChI=1S/C13H24N4O2S/c1-3-5-9(6-7-18)8-16-12(19)10-11(14)17-13(20-10)15-4-2/h9,18H,3-8,14H2,1-2H3,(H,15,17)(H,16,19). The monoisotopic (exact) mass is 300 g/mol. The lowest BCUT2D eigenvalue weighted by Gasteiger charge is -2.15. The highest BCUT2D eigenvalue weighted by Crippen LogP contribution is 2.24. The molecule has 114 valence electrons. The molecule has 1 amide bonds. The van der Waals surface area contributed by atoms with E-state index in [0.717, 1.165) is 19.4 Å². The summed E-state index contributed by atoms with van der Waals surface area (Å²) in [5.74, 6) is 0.372. The second-order valence-corrected chi connectivity index (χ2v) is 5.64. The van der Waals surface area contributed by atoms with Crippen molar-refractivity contribution in [2.45, 2.75) is 33.1 Å². The summed E-state index contributed by atoms with van der Waals surface area (Å²) < 4.78 is 0. The van der Waals surface area contributed by atoms with Gasteiger partial charge in [-0.15, -0.1) is 0 Å². The van der Waals surface area contributed by atoms with E-state index in [-0.39, 0.29) is 18.3 Å². The fourth-order valence-electron chi connectivity index (χ4n) is 1.98. The maximum absolute atomic E-state index is 12.1. The predicted molar refractivity (Wildman–Crippen MR) is 83.1 cm³/mol. The normalized spacial score (nSPS) is 12.2. The lowest BCUT2D eigenvalue weighted by Crippen LogP contribution is -2.29. The largest absolute Gasteiger partial charge is 0.396 e. The minimum absolute atomic E-state index is 0.147. The third kappa shape index (κ3) is 4.97. The topological polar surface area (TPSA) is 100 Å². The Morgan fingerprint density at radius 1 is 1.45 bits per heavy atom. The van der Waals surface area contributed by atoms with Crippen molar-refractivity contribution >= 4 is 28.2 Å². The fourth-order valence-corrected chi connectivity index (χ4v) is 2.85. The molecule has 1 aromatic rings. The van der Waals surface area contributed by atoms with E-state index >= 15 is 0 Å². The molecule has 0 aliphatic carbocycles. The molecule has 0 spiro atoms. The number of hydrogen-bond donors (Lipinski definition) is 4. The number of nitrogens with one attached hydrogen (secondary N) is 2. The van der Waals surface area contributed by atoms with Gasteiger partial charge in [0.05, 0.1) is 0 Å². The van der Waals surface area contributed by atoms with Gasteiger partial charge in [-0.3, -0.25) is 4.79 Å². The first-order valence-corrected chi connectivity index (χ1v) is 7.83. The van der Waals surface area contributed by atoms with Crippen LogP contribution >= 0.6 is 11.3 Å². The van der Waals surface area contributed by atoms with E-state index in [2.05, 4.69) is 22.5 Å². The van der Waals surface area contributed by atoms with E-state index in [1.165, 1.54) is 11.3 Å². The van der Waals surface area contributed by atoms with Crippen molar-refractivity contribution in [1.29, 1.82) is 0 Å². The van der Waals surface area contributed by atoms with Crippen LogP contribution in [0.3, 0.4) is 0 Å². The molecule has 0 saturated carbocycles. The molecular formula is C13H24N4O2S. The maximum atomic E-state index is 12.1. The van der Waals surface area contributed by atoms with Gasteiger partial charge in [0.1, 0.15) is 10.7 Å². The summed E-state index contributed by atoms with van der Waals surface area (Å²) in [6.45, 7) is 5.50. The van der Waals surface area contributed by atoms with Crippen molar-refractivity contribution in [1.82, 2.24) is 10.3 Å². The second-order valence-electron chi connectivity index (χ2n) is 4.64. The molecule has 1 unspecified atom stereocenters. The average Bonchev–Trinajstić information content (AvgIpc) is 2.78. The van der Waals surface area contributed by atoms with Crippen LogP contribution in [-0.4, -0.2) is 35.7 Å². The van der Waals surface area contributed by atoms with Crippen molar-refractivity contribution < 1.29 is 9.90 Å². The van der Waals surface area contributed by atoms with Gasteiger partial charge >= 0.3 is 0 Å². The van der Waals surface area contributed by atoms with Crippen LogP contribution < -0.4 is 16.4 Å². The summed E-state index contributed by atoms with van der Waals surface area (Å²) in [6, 6.07) is 0. The second kappa shape index (κ2) is 8.76. The number of aliphatic hydroxyl groups is 1. The molecule has 0 bridgehead atoms. The molecule has 1 aromatic heterocycles. The highest BCUT2D eigenvalue weighted by atomic mass is 32.1. The number of anilines is 2. The first-order valence-electron chi connectivity index (χ1n) is 7.01. The Hall–Kier alpha value is -1.34. The zero-order valence-corrected chi connectivity index (χ0v) is 12.9. The van der Waals surface area contributed by atoms with Gasteiger partial charge in [-0.05, 0) is 25.7 Å². The van der Waals surface area contributed by atoms with Gasteiger partial charge < -0.3 is 21.5 Å². The van der Waals surface area contributed by atoms with E-state index in [9.17, 15) is 4.79 Å². The molecule has 1 rings (SSSR count). The molecule has 0 saturated heterocycles. The Kier molecular flexibility index (Phi) is 7.32. The molecule has 1 heterocycles. The molecule has 7 heteroatoms. The summed E-state index contributed by atoms with van der Waals surface area (Å²) in [5, 5.41) is 15.6. The highest BCUT2D eigenvalue weighted by Gasteiger charge is 2.17. The van der Waals surface area contributed by atoms with Crippen LogP contribution in [0.5, 0.6) is 0 Å². The van der Waals surface area contributed by atoms with Gasteiger partial charge in [0.15, 0.2) is 5.13 Å². The first-order chi connectivity index (χ1) is 9.62. The summed E-state index contributed by atoms with van der Waals surface area (Å²) in [5.41, 5.74) is 5.75. The number of nitrogens with two attached hydrogens (primary N) is 1. The van der Waals surface area contributed by atoms with Gasteiger partial charge in [-0.25, -0.2) is 4.98 Å². The lowest BCUT2D eigenvalue weighted by atomic mass is 10.0. The van der Waals surface area contributed by atoms with E-state index in [1.807, 2.05) is 6.92 Å². The SMILES string of the molecule is CCCC(CCO)CNC(=O)c1sc(NCC)nc1N. The Bertz CT molecular complexity index is 417. The van der Waals surface area contributed by atoms with Crippen molar-refractivity contribution in [3.05, 3.63) is 4.88 Å². The number of hydrogen-bond acceptors (Lipinski definition) is 6. The molecule has 0 aromatic carbocycles. The molecule has 0 radical (unpaired) electrons. The van der Waals surface area contributed by atoms with Crippen LogP contribution in [0.2, 0.25) is 0 Å². The number of aromatic nitrogens is 1. The van der Waals surface area contributed by atoms with Gasteiger partial charge in [-0.2, -0.15) is 0 Å². The Morgan fingerprint density at radius 2 is 2.20 bits per heavy atom. The molecule has 1 atom stereocenters. The molecule has 0 fully saturated rings. The highest BCUT2D eigenvalue weighted by molar-refractivity contribution is 7.18. The number of rotatable bonds is 9. The number of aliphatic hydroxyl groups excluding tert-OH is 1. The quantitative estimate of drug-likeness (QED) is 0.556. The molecular weight excluding hydrogens is 276 g/mol. The number of thiazole rings is 1. The van der Waals surface area contributed by atoms with E-state index < -0.39 is 0 Å². The van der Waals surface area contributed by atoms with Crippen LogP contribution in [0.4, 0.5) is 10.9 Å². The van der Waals surface area contributed by atoms with Crippen LogP contribution in [0, 0.1) is 5.92 Å². The lowest BCUT2D eigenvalue weighted by molar-refractivity contribution is 0.0947. The molecule has 5 N–H and O–H groups in total. The number of carbonyl (C=O) groups excluding carboxylic acids is 1. The predicted octanol–water partition coefficient (Wildman–Crippen LogP) is 1.69. The number of nitrogens with zero attached hydrogens (tertiary/aromatic N) is 1. The van der Waals surface area contributed by atoms with Crippen molar-refractivity contribution in [3.63, 3.8) is 0 Å². The molecule has 20 heavy (non-hydrogen) atoms. The summed E-state index contributed by atoms with van der Waals surface area (Å²) >= 11 is 1.26. The van der Waals surface area contributed by atoms with Crippen LogP contribution in [-0.2, 0) is 0 Å². The van der Waals surface area contributed by atoms with E-state index in [1.54, 1.807) is 0 Å². The van der Waals surface area contributed by atoms with Gasteiger partial charge in [0, 0.05) is 19.7 Å². The Labute approximate surface area is 123 Å². The molecule has 0 aliphatic rings. The third-order valence-electron chi connectivity index (χ3n) is 2.97. The van der Waals surface area contributed by atoms with Crippen LogP contribution in [0.15, 0.2) is 0 Å². The average molecular weight is 300 g/mol. The first kappa shape index (κ1) is 16.7. The minimum atomic E-state index is -0.191. The van der Waals surface area contributed by atoms with Crippen molar-refractivity contribution in [2.24, 2.45) is 5.92 Å². The van der Waals surface area contributed by atoms with Crippen molar-refractivity contribution in [3.8, 4) is 0 Å². The molecule has 6 nitrogen and oxygen atoms in total. The van der Waals surface area contributed by atoms with Gasteiger partial charge in [0.2, 0.25) is 0 Å². The zero-order valence-electron chi connectivity index (χ0n) is 12.1. The van der Waals surface area contributed by atoms with E-state index in [0.29, 0.717) is 28.9 Å². The Balaban J connectivity index is 2.57. The summed E-state index contributed by atoms with van der Waals surface area (Å²) in [6.07, 6.45) is 2.73. The molecule has 0 aliphatic heterocycles. The van der Waals surface area contributed by atoms with Gasteiger partial charge in [-0.1, -0.05) is 24.7 Å². The smallest absolute Gasteiger partial charge is 0.265 e. The third-order valence-corrected chi connectivity index (χ3v) is 4.00.